The van der Waals surface area contributed by atoms with E-state index < -0.39 is 0 Å². The molecule has 0 spiro atoms. The summed E-state index contributed by atoms with van der Waals surface area (Å²) in [5, 5.41) is 29.3. The first-order valence-corrected chi connectivity index (χ1v) is 20.6. The predicted molar refractivity (Wildman–Crippen MR) is 259 cm³/mol. The Morgan fingerprint density at radius 2 is 0.328 bits per heavy atom. The number of benzene rings is 8. The van der Waals surface area contributed by atoms with Crippen LogP contribution in [0.15, 0.2) is 273 Å². The van der Waals surface area contributed by atoms with Crippen molar-refractivity contribution in [2.45, 2.75) is 0 Å². The minimum atomic E-state index is -0.282. The van der Waals surface area contributed by atoms with Crippen LogP contribution in [0, 0.1) is 0 Å². The highest BCUT2D eigenvalue weighted by Crippen LogP contribution is 2.18. The molecule has 8 aromatic rings. The molecule has 0 N–H and O–H groups in total. The maximum atomic E-state index is 14.1. The second-order valence-corrected chi connectivity index (χ2v) is 14.3. The molecule has 0 heterocycles. The van der Waals surface area contributed by atoms with Crippen molar-refractivity contribution in [2.24, 2.45) is 30.6 Å². The van der Waals surface area contributed by atoms with Gasteiger partial charge >= 0.3 is 0 Å². The Hall–Kier alpha value is -8.88. The number of carbonyl (C=O) groups excluding carboxylic acids is 2. The molecule has 0 aliphatic carbocycles. The average Bonchev–Trinajstić information content (AvgIpc) is 3.38. The Balaban J connectivity index is 1.37. The van der Waals surface area contributed by atoms with Crippen molar-refractivity contribution in [2.75, 3.05) is 0 Å². The number of hydrogen-bond donors (Lipinski definition) is 0. The number of nitrogens with zero attached hydrogens (tertiary/aromatic N) is 6. The lowest BCUT2D eigenvalue weighted by Crippen LogP contribution is -2.21. The van der Waals surface area contributed by atoms with Crippen LogP contribution in [0.4, 0.5) is 0 Å². The number of carbonyl (C=O) groups is 2. The van der Waals surface area contributed by atoms with E-state index in [4.69, 9.17) is 30.6 Å². The van der Waals surface area contributed by atoms with Gasteiger partial charge in [0.1, 0.15) is 34.3 Å². The lowest BCUT2D eigenvalue weighted by Gasteiger charge is -2.12. The molecule has 0 saturated heterocycles. The highest BCUT2D eigenvalue weighted by atomic mass is 16.1. The standard InChI is InChI=1S/C56H40N6O2/c63-55(47-37-21-7-22-38-47)53(45-33-17-5-18-34-45)61-59-51(43-29-13-3-14-30-43)49(41-25-9-1-10-26-41)57-58-50(42-27-11-2-12-28-42)52(44-31-15-4-16-32-44)60-62-54(46-35-19-6-20-36-46)56(64)48-39-23-8-24-40-48/h1-40H. The molecule has 0 amide bonds. The first kappa shape index (κ1) is 41.8. The van der Waals surface area contributed by atoms with Crippen LogP contribution in [0.3, 0.4) is 0 Å². The van der Waals surface area contributed by atoms with Crippen molar-refractivity contribution in [1.82, 2.24) is 0 Å². The molecule has 0 atom stereocenters. The third-order valence-electron chi connectivity index (χ3n) is 9.98. The highest BCUT2D eigenvalue weighted by Gasteiger charge is 2.22. The summed E-state index contributed by atoms with van der Waals surface area (Å²) >= 11 is 0. The zero-order valence-electron chi connectivity index (χ0n) is 34.6. The van der Waals surface area contributed by atoms with E-state index in [1.54, 1.807) is 24.3 Å². The first-order valence-electron chi connectivity index (χ1n) is 20.6. The molecule has 0 aliphatic heterocycles. The topological polar surface area (TPSA) is 108 Å². The summed E-state index contributed by atoms with van der Waals surface area (Å²) in [7, 11) is 0. The van der Waals surface area contributed by atoms with Gasteiger partial charge in [-0.05, 0) is 0 Å². The van der Waals surface area contributed by atoms with Gasteiger partial charge in [-0.1, -0.05) is 243 Å². The van der Waals surface area contributed by atoms with Gasteiger partial charge in [-0.2, -0.15) is 0 Å². The maximum absolute atomic E-state index is 14.1. The number of ketones is 2. The fourth-order valence-electron chi connectivity index (χ4n) is 6.76. The molecule has 8 aromatic carbocycles. The fraction of sp³-hybridized carbons (Fsp3) is 0. The molecule has 0 aromatic heterocycles. The Morgan fingerprint density at radius 1 is 0.188 bits per heavy atom. The van der Waals surface area contributed by atoms with Gasteiger partial charge in [0.2, 0.25) is 11.6 Å². The van der Waals surface area contributed by atoms with E-state index in [2.05, 4.69) is 0 Å². The van der Waals surface area contributed by atoms with E-state index in [-0.39, 0.29) is 23.0 Å². The van der Waals surface area contributed by atoms with Crippen molar-refractivity contribution >= 4 is 45.8 Å². The van der Waals surface area contributed by atoms with Crippen molar-refractivity contribution in [1.29, 1.82) is 0 Å². The molecule has 0 unspecified atom stereocenters. The van der Waals surface area contributed by atoms with E-state index in [0.29, 0.717) is 67.4 Å². The van der Waals surface area contributed by atoms with Gasteiger partial charge in [0, 0.05) is 44.5 Å². The predicted octanol–water partition coefficient (Wildman–Crippen LogP) is 11.4. The van der Waals surface area contributed by atoms with Crippen molar-refractivity contribution in [3.05, 3.63) is 287 Å². The van der Waals surface area contributed by atoms with Gasteiger partial charge in [0.05, 0.1) is 0 Å². The molecule has 8 rings (SSSR count). The Morgan fingerprint density at radius 3 is 0.516 bits per heavy atom. The number of rotatable bonds is 15. The van der Waals surface area contributed by atoms with E-state index in [0.717, 1.165) is 0 Å². The van der Waals surface area contributed by atoms with Crippen LogP contribution in [0.1, 0.15) is 54.1 Å². The highest BCUT2D eigenvalue weighted by molar-refractivity contribution is 6.56. The summed E-state index contributed by atoms with van der Waals surface area (Å²) in [5.74, 6) is -0.564. The van der Waals surface area contributed by atoms with E-state index in [1.807, 2.05) is 218 Å². The minimum absolute atomic E-state index is 0.164. The molecular formula is C56H40N6O2. The number of hydrogen-bond acceptors (Lipinski definition) is 8. The van der Waals surface area contributed by atoms with Crippen LogP contribution in [0.5, 0.6) is 0 Å². The molecule has 8 nitrogen and oxygen atoms in total. The second-order valence-electron chi connectivity index (χ2n) is 14.3. The van der Waals surface area contributed by atoms with Crippen molar-refractivity contribution in [3.8, 4) is 0 Å². The first-order chi connectivity index (χ1) is 31.6. The van der Waals surface area contributed by atoms with Gasteiger partial charge in [-0.3, -0.25) is 9.59 Å². The van der Waals surface area contributed by atoms with Crippen LogP contribution < -0.4 is 0 Å². The quantitative estimate of drug-likeness (QED) is 0.0583. The summed E-state index contributed by atoms with van der Waals surface area (Å²) in [6.45, 7) is 0. The van der Waals surface area contributed by atoms with Crippen LogP contribution in [-0.2, 0) is 0 Å². The van der Waals surface area contributed by atoms with Gasteiger partial charge in [0.15, 0.2) is 0 Å². The van der Waals surface area contributed by atoms with E-state index in [1.165, 1.54) is 0 Å². The van der Waals surface area contributed by atoms with Gasteiger partial charge in [-0.15, -0.1) is 30.6 Å². The molecule has 0 fully saturated rings. The molecule has 0 aliphatic rings. The Kier molecular flexibility index (Phi) is 13.8. The summed E-state index contributed by atoms with van der Waals surface area (Å²) < 4.78 is 0. The summed E-state index contributed by atoms with van der Waals surface area (Å²) in [6.07, 6.45) is 0. The normalized spacial score (nSPS) is 12.8. The molecule has 64 heavy (non-hydrogen) atoms. The number of Topliss-reactive ketones (excluding diaryl/α,β-unsaturated/α-hetero) is 2. The second kappa shape index (κ2) is 21.1. The van der Waals surface area contributed by atoms with Crippen LogP contribution in [-0.4, -0.2) is 45.8 Å². The lowest BCUT2D eigenvalue weighted by molar-refractivity contribution is 0.105. The van der Waals surface area contributed by atoms with Crippen molar-refractivity contribution in [3.63, 3.8) is 0 Å². The summed E-state index contributed by atoms with van der Waals surface area (Å²) in [5.41, 5.74) is 6.78. The third kappa shape index (κ3) is 10.3. The van der Waals surface area contributed by atoms with E-state index in [9.17, 15) is 9.59 Å². The SMILES string of the molecule is O=C(C(=NN=C(C(=NN=C(C(=NN=C(C(=O)c1ccccc1)c1ccccc1)c1ccccc1)c1ccccc1)c1ccccc1)c1ccccc1)c1ccccc1)c1ccccc1. The fourth-order valence-corrected chi connectivity index (χ4v) is 6.76. The Bertz CT molecular complexity index is 2800. The van der Waals surface area contributed by atoms with Crippen LogP contribution in [0.25, 0.3) is 0 Å². The zero-order valence-corrected chi connectivity index (χ0v) is 34.6. The molecule has 0 saturated carbocycles. The minimum Gasteiger partial charge on any atom is -0.287 e. The molecule has 8 heteroatoms. The third-order valence-corrected chi connectivity index (χ3v) is 9.98. The Labute approximate surface area is 371 Å². The van der Waals surface area contributed by atoms with E-state index >= 15 is 0 Å². The average molecular weight is 829 g/mol. The van der Waals surface area contributed by atoms with Gasteiger partial charge < -0.3 is 0 Å². The van der Waals surface area contributed by atoms with Gasteiger partial charge in [0.25, 0.3) is 0 Å². The lowest BCUT2D eigenvalue weighted by atomic mass is 9.99. The summed E-state index contributed by atoms with van der Waals surface area (Å²) in [6, 6.07) is 74.9. The largest absolute Gasteiger partial charge is 0.287 e. The molecule has 306 valence electrons. The van der Waals surface area contributed by atoms with Crippen LogP contribution in [0.2, 0.25) is 0 Å². The van der Waals surface area contributed by atoms with Crippen LogP contribution >= 0.6 is 0 Å². The zero-order chi connectivity index (χ0) is 43.8. The molecule has 0 bridgehead atoms. The molecular weight excluding hydrogens is 789 g/mol. The smallest absolute Gasteiger partial charge is 0.213 e. The summed E-state index contributed by atoms with van der Waals surface area (Å²) in [4.78, 5) is 28.3. The van der Waals surface area contributed by atoms with Gasteiger partial charge in [-0.25, -0.2) is 0 Å². The monoisotopic (exact) mass is 828 g/mol. The molecule has 0 radical (unpaired) electrons. The van der Waals surface area contributed by atoms with Crippen molar-refractivity contribution < 1.29 is 9.59 Å². The maximum Gasteiger partial charge on any atom is 0.213 e.